The quantitative estimate of drug-likeness (QED) is 0.461. The number of anilines is 1. The average molecular weight is 449 g/mol. The molecule has 0 aliphatic carbocycles. The van der Waals surface area contributed by atoms with E-state index in [1.54, 1.807) is 19.2 Å². The maximum Gasteiger partial charge on any atom is 0.261 e. The Balaban J connectivity index is 1.46. The predicted molar refractivity (Wildman–Crippen MR) is 125 cm³/mol. The zero-order valence-electron chi connectivity index (χ0n) is 18.1. The van der Waals surface area contributed by atoms with Gasteiger partial charge in [0, 0.05) is 18.3 Å². The molecule has 0 spiro atoms. The van der Waals surface area contributed by atoms with Gasteiger partial charge >= 0.3 is 0 Å². The number of rotatable bonds is 6. The molecule has 32 heavy (non-hydrogen) atoms. The minimum atomic E-state index is -3.76. The summed E-state index contributed by atoms with van der Waals surface area (Å²) in [6, 6.07) is 19.0. The number of para-hydroxylation sites is 2. The van der Waals surface area contributed by atoms with E-state index in [4.69, 9.17) is 0 Å². The number of sulfonamides is 1. The lowest BCUT2D eigenvalue weighted by Gasteiger charge is -2.16. The van der Waals surface area contributed by atoms with Gasteiger partial charge in [-0.2, -0.15) is 0 Å². The summed E-state index contributed by atoms with van der Waals surface area (Å²) in [5, 5.41) is 0. The molecule has 0 bridgehead atoms. The first kappa shape index (κ1) is 21.6. The predicted octanol–water partition coefficient (Wildman–Crippen LogP) is 4.25. The molecule has 0 atom stereocenters. The fourth-order valence-corrected chi connectivity index (χ4v) is 4.44. The molecule has 1 heterocycles. The van der Waals surface area contributed by atoms with Gasteiger partial charge < -0.3 is 9.88 Å². The van der Waals surface area contributed by atoms with Crippen molar-refractivity contribution in [3.63, 3.8) is 0 Å². The molecule has 7 nitrogen and oxygen atoms in total. The van der Waals surface area contributed by atoms with Gasteiger partial charge in [-0.05, 0) is 73.5 Å². The van der Waals surface area contributed by atoms with E-state index in [0.717, 1.165) is 22.2 Å². The number of aromatic nitrogens is 2. The van der Waals surface area contributed by atoms with Gasteiger partial charge in [-0.3, -0.25) is 9.52 Å². The highest BCUT2D eigenvalue weighted by atomic mass is 32.2. The third kappa shape index (κ3) is 4.50. The molecular formula is C24H24N4O3S. The number of carbonyl (C=O) groups is 1. The van der Waals surface area contributed by atoms with Crippen molar-refractivity contribution < 1.29 is 13.2 Å². The van der Waals surface area contributed by atoms with Crippen molar-refractivity contribution in [2.24, 2.45) is 0 Å². The van der Waals surface area contributed by atoms with E-state index in [-0.39, 0.29) is 10.8 Å². The first-order chi connectivity index (χ1) is 15.2. The molecule has 4 rings (SSSR count). The smallest absolute Gasteiger partial charge is 0.261 e. The second-order valence-corrected chi connectivity index (χ2v) is 9.47. The second-order valence-electron chi connectivity index (χ2n) is 7.79. The van der Waals surface area contributed by atoms with Gasteiger partial charge in [0.05, 0.1) is 22.5 Å². The Hall–Kier alpha value is -3.65. The molecule has 4 aromatic rings. The number of amides is 1. The topological polar surface area (TPSA) is 95.2 Å². The van der Waals surface area contributed by atoms with Gasteiger partial charge in [0.1, 0.15) is 5.82 Å². The number of imidazole rings is 1. The average Bonchev–Trinajstić information content (AvgIpc) is 3.18. The van der Waals surface area contributed by atoms with Crippen LogP contribution in [0.4, 0.5) is 5.69 Å². The molecule has 0 aliphatic heterocycles. The summed E-state index contributed by atoms with van der Waals surface area (Å²) >= 11 is 0. The van der Waals surface area contributed by atoms with Crippen molar-refractivity contribution in [3.05, 3.63) is 89.2 Å². The van der Waals surface area contributed by atoms with Crippen molar-refractivity contribution in [1.29, 1.82) is 0 Å². The zero-order chi connectivity index (χ0) is 22.9. The SMILES string of the molecule is Cc1ccc(NS(=O)(=O)c2ccc(C(=O)N(C)Cc3nc4ccccc4[nH]3)cc2)cc1C. The summed E-state index contributed by atoms with van der Waals surface area (Å²) < 4.78 is 28.0. The van der Waals surface area contributed by atoms with Gasteiger partial charge in [-0.25, -0.2) is 13.4 Å². The molecule has 3 aromatic carbocycles. The third-order valence-corrected chi connectivity index (χ3v) is 6.74. The Bertz CT molecular complexity index is 1360. The standard InChI is InChI=1S/C24H24N4O3S/c1-16-8-11-19(14-17(16)2)27-32(30,31)20-12-9-18(10-13-20)24(29)28(3)15-23-25-21-6-4-5-7-22(21)26-23/h4-14,27H,15H2,1-3H3,(H,25,26). The molecule has 0 unspecified atom stereocenters. The van der Waals surface area contributed by atoms with Crippen molar-refractivity contribution in [2.45, 2.75) is 25.3 Å². The summed E-state index contributed by atoms with van der Waals surface area (Å²) in [4.78, 5) is 22.1. The van der Waals surface area contributed by atoms with E-state index in [0.29, 0.717) is 23.6 Å². The number of H-pyrrole nitrogens is 1. The van der Waals surface area contributed by atoms with E-state index in [2.05, 4.69) is 14.7 Å². The van der Waals surface area contributed by atoms with Crippen LogP contribution in [0.15, 0.2) is 71.6 Å². The van der Waals surface area contributed by atoms with Crippen LogP contribution in [0.1, 0.15) is 27.3 Å². The molecule has 8 heteroatoms. The summed E-state index contributed by atoms with van der Waals surface area (Å²) in [7, 11) is -2.08. The van der Waals surface area contributed by atoms with Crippen molar-refractivity contribution in [1.82, 2.24) is 14.9 Å². The Kier molecular flexibility index (Phi) is 5.71. The lowest BCUT2D eigenvalue weighted by Crippen LogP contribution is -2.26. The first-order valence-electron chi connectivity index (χ1n) is 10.1. The molecule has 2 N–H and O–H groups in total. The van der Waals surface area contributed by atoms with E-state index < -0.39 is 10.0 Å². The van der Waals surface area contributed by atoms with E-state index in [1.165, 1.54) is 29.2 Å². The molecule has 0 saturated carbocycles. The highest BCUT2D eigenvalue weighted by molar-refractivity contribution is 7.92. The number of nitrogens with zero attached hydrogens (tertiary/aromatic N) is 2. The van der Waals surface area contributed by atoms with Crippen LogP contribution in [0.2, 0.25) is 0 Å². The monoisotopic (exact) mass is 448 g/mol. The maximum absolute atomic E-state index is 12.8. The summed E-state index contributed by atoms with van der Waals surface area (Å²) in [5.74, 6) is 0.454. The number of benzene rings is 3. The van der Waals surface area contributed by atoms with Crippen LogP contribution in [0.5, 0.6) is 0 Å². The van der Waals surface area contributed by atoms with Crippen molar-refractivity contribution in [2.75, 3.05) is 11.8 Å². The van der Waals surface area contributed by atoms with Gasteiger partial charge in [-0.15, -0.1) is 0 Å². The highest BCUT2D eigenvalue weighted by Gasteiger charge is 2.18. The fraction of sp³-hybridized carbons (Fsp3) is 0.167. The molecule has 164 valence electrons. The highest BCUT2D eigenvalue weighted by Crippen LogP contribution is 2.20. The molecular weight excluding hydrogens is 424 g/mol. The van der Waals surface area contributed by atoms with Crippen molar-refractivity contribution >= 4 is 32.7 Å². The number of hydrogen-bond donors (Lipinski definition) is 2. The van der Waals surface area contributed by atoms with E-state index >= 15 is 0 Å². The molecule has 0 fully saturated rings. The van der Waals surface area contributed by atoms with Gasteiger partial charge in [0.2, 0.25) is 0 Å². The number of hydrogen-bond acceptors (Lipinski definition) is 4. The number of nitrogens with one attached hydrogen (secondary N) is 2. The fourth-order valence-electron chi connectivity index (χ4n) is 3.39. The minimum absolute atomic E-state index is 0.0900. The molecule has 0 saturated heterocycles. The van der Waals surface area contributed by atoms with Crippen LogP contribution in [0, 0.1) is 13.8 Å². The Morgan fingerprint density at radius 2 is 1.72 bits per heavy atom. The van der Waals surface area contributed by atoms with Crippen LogP contribution >= 0.6 is 0 Å². The molecule has 1 aromatic heterocycles. The van der Waals surface area contributed by atoms with Gasteiger partial charge in [-0.1, -0.05) is 18.2 Å². The van der Waals surface area contributed by atoms with Gasteiger partial charge in [0.15, 0.2) is 0 Å². The Labute approximate surface area is 187 Å². The van der Waals surface area contributed by atoms with Crippen LogP contribution in [0.3, 0.4) is 0 Å². The second kappa shape index (κ2) is 8.47. The van der Waals surface area contributed by atoms with Crippen LogP contribution < -0.4 is 4.72 Å². The summed E-state index contributed by atoms with van der Waals surface area (Å²) in [5.41, 5.74) is 4.73. The summed E-state index contributed by atoms with van der Waals surface area (Å²) in [6.45, 7) is 4.20. The lowest BCUT2D eigenvalue weighted by atomic mass is 10.1. The minimum Gasteiger partial charge on any atom is -0.340 e. The Morgan fingerprint density at radius 3 is 2.41 bits per heavy atom. The number of carbonyl (C=O) groups excluding carboxylic acids is 1. The lowest BCUT2D eigenvalue weighted by molar-refractivity contribution is 0.0782. The van der Waals surface area contributed by atoms with E-state index in [1.807, 2.05) is 44.2 Å². The van der Waals surface area contributed by atoms with Crippen LogP contribution in [-0.4, -0.2) is 36.2 Å². The largest absolute Gasteiger partial charge is 0.340 e. The summed E-state index contributed by atoms with van der Waals surface area (Å²) in [6.07, 6.45) is 0. The van der Waals surface area contributed by atoms with E-state index in [9.17, 15) is 13.2 Å². The molecule has 1 amide bonds. The number of fused-ring (bicyclic) bond motifs is 1. The van der Waals surface area contributed by atoms with Crippen LogP contribution in [0.25, 0.3) is 11.0 Å². The zero-order valence-corrected chi connectivity index (χ0v) is 18.9. The molecule has 0 aliphatic rings. The Morgan fingerprint density at radius 1 is 1.00 bits per heavy atom. The van der Waals surface area contributed by atoms with Gasteiger partial charge in [0.25, 0.3) is 15.9 Å². The molecule has 0 radical (unpaired) electrons. The maximum atomic E-state index is 12.8. The normalized spacial score (nSPS) is 11.5. The number of aryl methyl sites for hydroxylation is 2. The first-order valence-corrected chi connectivity index (χ1v) is 11.6. The van der Waals surface area contributed by atoms with Crippen molar-refractivity contribution in [3.8, 4) is 0 Å². The van der Waals surface area contributed by atoms with Crippen LogP contribution in [-0.2, 0) is 16.6 Å². The third-order valence-electron chi connectivity index (χ3n) is 5.34. The number of aromatic amines is 1.